The Kier molecular flexibility index (Phi) is 6.44. The fourth-order valence-electron chi connectivity index (χ4n) is 5.55. The van der Waals surface area contributed by atoms with E-state index >= 15 is 0 Å². The zero-order chi connectivity index (χ0) is 23.0. The maximum atomic E-state index is 13.1. The molecule has 5 rings (SSSR count). The monoisotopic (exact) mass is 459 g/mol. The highest BCUT2D eigenvalue weighted by atomic mass is 16.5. The van der Waals surface area contributed by atoms with Gasteiger partial charge in [-0.3, -0.25) is 14.5 Å². The molecule has 1 saturated carbocycles. The number of carbonyl (C=O) groups is 2. The molecule has 0 bridgehead atoms. The summed E-state index contributed by atoms with van der Waals surface area (Å²) in [5, 5.41) is 8.64. The molecule has 0 N–H and O–H groups in total. The molecule has 9 nitrogen and oxygen atoms in total. The standard InChI is InChI=1S/C24H37N5O4/c1-17(2)22-25-26-23(33-22)19-14-24(5-7-27(8-6-24)20(30)13-18-3-4-18)16-29(19)15-21(31)28-9-11-32-12-10-28/h17-19H,3-16H2,1-2H3. The largest absolute Gasteiger partial charge is 0.423 e. The van der Waals surface area contributed by atoms with Gasteiger partial charge in [0.15, 0.2) is 0 Å². The maximum absolute atomic E-state index is 13.1. The summed E-state index contributed by atoms with van der Waals surface area (Å²) in [6, 6.07) is -0.0521. The molecule has 4 heterocycles. The van der Waals surface area contributed by atoms with Crippen molar-refractivity contribution in [2.24, 2.45) is 11.3 Å². The van der Waals surface area contributed by atoms with Crippen LogP contribution in [0.25, 0.3) is 0 Å². The minimum absolute atomic E-state index is 0.0521. The van der Waals surface area contributed by atoms with E-state index < -0.39 is 0 Å². The number of hydrogen-bond donors (Lipinski definition) is 0. The molecule has 4 fully saturated rings. The Labute approximate surface area is 195 Å². The number of likely N-dealkylation sites (tertiary alicyclic amines) is 2. The number of nitrogens with zero attached hydrogens (tertiary/aromatic N) is 5. The van der Waals surface area contributed by atoms with Crippen molar-refractivity contribution in [1.29, 1.82) is 0 Å². The van der Waals surface area contributed by atoms with Gasteiger partial charge in [-0.15, -0.1) is 10.2 Å². The van der Waals surface area contributed by atoms with E-state index in [1.807, 2.05) is 18.7 Å². The van der Waals surface area contributed by atoms with Crippen molar-refractivity contribution in [1.82, 2.24) is 24.9 Å². The molecule has 1 unspecified atom stereocenters. The van der Waals surface area contributed by atoms with Crippen LogP contribution in [0, 0.1) is 11.3 Å². The van der Waals surface area contributed by atoms with Crippen LogP contribution in [-0.2, 0) is 14.3 Å². The molecule has 1 atom stereocenters. The molecule has 1 spiro atoms. The van der Waals surface area contributed by atoms with Crippen LogP contribution < -0.4 is 0 Å². The Bertz CT molecular complexity index is 853. The minimum atomic E-state index is -0.0521. The number of piperidine rings is 1. The summed E-state index contributed by atoms with van der Waals surface area (Å²) in [5.41, 5.74) is 0.0821. The quantitative estimate of drug-likeness (QED) is 0.644. The zero-order valence-electron chi connectivity index (χ0n) is 20.0. The molecule has 2 amide bonds. The van der Waals surface area contributed by atoms with Crippen molar-refractivity contribution in [3.05, 3.63) is 11.8 Å². The van der Waals surface area contributed by atoms with E-state index in [2.05, 4.69) is 20.0 Å². The van der Waals surface area contributed by atoms with Crippen molar-refractivity contribution in [3.63, 3.8) is 0 Å². The highest BCUT2D eigenvalue weighted by molar-refractivity contribution is 5.78. The second kappa shape index (κ2) is 9.33. The van der Waals surface area contributed by atoms with Crippen molar-refractivity contribution >= 4 is 11.8 Å². The molecule has 9 heteroatoms. The second-order valence-electron chi connectivity index (χ2n) is 10.8. The van der Waals surface area contributed by atoms with Gasteiger partial charge in [-0.1, -0.05) is 13.8 Å². The van der Waals surface area contributed by atoms with Gasteiger partial charge < -0.3 is 19.0 Å². The topological polar surface area (TPSA) is 92.0 Å². The third kappa shape index (κ3) is 5.09. The van der Waals surface area contributed by atoms with Crippen LogP contribution in [-0.4, -0.2) is 89.2 Å². The second-order valence-corrected chi connectivity index (χ2v) is 10.8. The third-order valence-corrected chi connectivity index (χ3v) is 7.88. The average molecular weight is 460 g/mol. The van der Waals surface area contributed by atoms with E-state index in [1.54, 1.807) is 0 Å². The van der Waals surface area contributed by atoms with Gasteiger partial charge in [0.2, 0.25) is 23.6 Å². The first kappa shape index (κ1) is 22.8. The number of ether oxygens (including phenoxy) is 1. The summed E-state index contributed by atoms with van der Waals surface area (Å²) < 4.78 is 11.5. The lowest BCUT2D eigenvalue weighted by Crippen LogP contribution is -2.47. The Hall–Kier alpha value is -2.00. The fourth-order valence-corrected chi connectivity index (χ4v) is 5.55. The summed E-state index contributed by atoms with van der Waals surface area (Å²) >= 11 is 0. The van der Waals surface area contributed by atoms with E-state index in [1.165, 1.54) is 12.8 Å². The molecule has 1 aromatic rings. The van der Waals surface area contributed by atoms with Gasteiger partial charge in [0, 0.05) is 45.1 Å². The third-order valence-electron chi connectivity index (χ3n) is 7.88. The fraction of sp³-hybridized carbons (Fsp3) is 0.833. The first-order valence-electron chi connectivity index (χ1n) is 12.6. The molecular formula is C24H37N5O4. The van der Waals surface area contributed by atoms with E-state index in [4.69, 9.17) is 9.15 Å². The molecule has 0 aromatic carbocycles. The SMILES string of the molecule is CC(C)c1nnc(C2CC3(CCN(C(=O)CC4CC4)CC3)CN2CC(=O)N2CCOCC2)o1. The molecule has 3 aliphatic heterocycles. The average Bonchev–Trinajstić information content (AvgIpc) is 3.36. The van der Waals surface area contributed by atoms with E-state index in [-0.39, 0.29) is 23.3 Å². The predicted molar refractivity (Wildman–Crippen MR) is 120 cm³/mol. The lowest BCUT2D eigenvalue weighted by atomic mass is 9.76. The smallest absolute Gasteiger partial charge is 0.236 e. The molecule has 0 radical (unpaired) electrons. The van der Waals surface area contributed by atoms with Crippen molar-refractivity contribution in [2.45, 2.75) is 64.3 Å². The number of rotatable bonds is 6. The molecule has 1 aromatic heterocycles. The van der Waals surface area contributed by atoms with Crippen LogP contribution in [0.3, 0.4) is 0 Å². The molecule has 3 saturated heterocycles. The van der Waals surface area contributed by atoms with Crippen LogP contribution in [0.2, 0.25) is 0 Å². The number of morpholine rings is 1. The van der Waals surface area contributed by atoms with Gasteiger partial charge in [-0.2, -0.15) is 0 Å². The number of amides is 2. The van der Waals surface area contributed by atoms with Gasteiger partial charge in [0.1, 0.15) is 0 Å². The first-order valence-corrected chi connectivity index (χ1v) is 12.6. The normalized spacial score (nSPS) is 25.8. The van der Waals surface area contributed by atoms with Gasteiger partial charge in [-0.05, 0) is 43.4 Å². The van der Waals surface area contributed by atoms with Crippen molar-refractivity contribution < 1.29 is 18.7 Å². The Morgan fingerprint density at radius 2 is 1.73 bits per heavy atom. The van der Waals surface area contributed by atoms with Crippen LogP contribution in [0.1, 0.15) is 76.1 Å². The highest BCUT2D eigenvalue weighted by Gasteiger charge is 2.49. The van der Waals surface area contributed by atoms with Crippen LogP contribution >= 0.6 is 0 Å². The lowest BCUT2D eigenvalue weighted by molar-refractivity contribution is -0.136. The van der Waals surface area contributed by atoms with Crippen molar-refractivity contribution in [2.75, 3.05) is 52.5 Å². The lowest BCUT2D eigenvalue weighted by Gasteiger charge is -2.39. The van der Waals surface area contributed by atoms with E-state index in [0.717, 1.165) is 45.3 Å². The van der Waals surface area contributed by atoms with Gasteiger partial charge in [0.05, 0.1) is 25.8 Å². The summed E-state index contributed by atoms with van der Waals surface area (Å²) in [4.78, 5) is 31.9. The first-order chi connectivity index (χ1) is 15.9. The Morgan fingerprint density at radius 3 is 2.36 bits per heavy atom. The summed E-state index contributed by atoms with van der Waals surface area (Å²) in [6.45, 7) is 9.40. The summed E-state index contributed by atoms with van der Waals surface area (Å²) in [7, 11) is 0. The molecule has 1 aliphatic carbocycles. The van der Waals surface area contributed by atoms with E-state index in [0.29, 0.717) is 56.5 Å². The van der Waals surface area contributed by atoms with Crippen LogP contribution in [0.15, 0.2) is 4.42 Å². The minimum Gasteiger partial charge on any atom is -0.423 e. The predicted octanol–water partition coefficient (Wildman–Crippen LogP) is 2.21. The summed E-state index contributed by atoms with van der Waals surface area (Å²) in [6.07, 6.45) is 5.96. The molecule has 33 heavy (non-hydrogen) atoms. The van der Waals surface area contributed by atoms with Gasteiger partial charge >= 0.3 is 0 Å². The molecule has 4 aliphatic rings. The van der Waals surface area contributed by atoms with Gasteiger partial charge in [0.25, 0.3) is 0 Å². The highest BCUT2D eigenvalue weighted by Crippen LogP contribution is 2.49. The Morgan fingerprint density at radius 1 is 1.03 bits per heavy atom. The zero-order valence-corrected chi connectivity index (χ0v) is 20.0. The molecule has 182 valence electrons. The maximum Gasteiger partial charge on any atom is 0.236 e. The molecular weight excluding hydrogens is 422 g/mol. The van der Waals surface area contributed by atoms with Crippen molar-refractivity contribution in [3.8, 4) is 0 Å². The van der Waals surface area contributed by atoms with E-state index in [9.17, 15) is 9.59 Å². The number of carbonyl (C=O) groups excluding carboxylic acids is 2. The van der Waals surface area contributed by atoms with Gasteiger partial charge in [-0.25, -0.2) is 0 Å². The Balaban J connectivity index is 1.28. The van der Waals surface area contributed by atoms with Crippen LogP contribution in [0.4, 0.5) is 0 Å². The summed E-state index contributed by atoms with van der Waals surface area (Å²) in [5.74, 6) is 2.52. The number of hydrogen-bond acceptors (Lipinski definition) is 7. The number of aromatic nitrogens is 2. The van der Waals surface area contributed by atoms with Crippen LogP contribution in [0.5, 0.6) is 0 Å².